The molecule has 0 aliphatic carbocycles. The highest BCUT2D eigenvalue weighted by Crippen LogP contribution is 2.28. The van der Waals surface area contributed by atoms with Gasteiger partial charge in [0.2, 0.25) is 0 Å². The molecule has 20 heavy (non-hydrogen) atoms. The number of nitrogens with zero attached hydrogens (tertiary/aromatic N) is 3. The second-order valence-electron chi connectivity index (χ2n) is 5.12. The van der Waals surface area contributed by atoms with Crippen molar-refractivity contribution >= 4 is 0 Å². The van der Waals surface area contributed by atoms with E-state index < -0.39 is 0 Å². The normalized spacial score (nSPS) is 23.9. The van der Waals surface area contributed by atoms with E-state index in [1.807, 2.05) is 41.2 Å². The zero-order chi connectivity index (χ0) is 13.9. The summed E-state index contributed by atoms with van der Waals surface area (Å²) in [6, 6.07) is 10.3. The number of aromatic nitrogens is 2. The van der Waals surface area contributed by atoms with E-state index in [4.69, 9.17) is 10.5 Å². The fourth-order valence-corrected chi connectivity index (χ4v) is 2.74. The Morgan fingerprint density at radius 2 is 2.15 bits per heavy atom. The highest BCUT2D eigenvalue weighted by Gasteiger charge is 2.31. The van der Waals surface area contributed by atoms with Crippen molar-refractivity contribution in [3.05, 3.63) is 48.3 Å². The first-order chi connectivity index (χ1) is 9.79. The van der Waals surface area contributed by atoms with Crippen LogP contribution in [0.2, 0.25) is 0 Å². The minimum absolute atomic E-state index is 0.0298. The fourth-order valence-electron chi connectivity index (χ4n) is 2.74. The van der Waals surface area contributed by atoms with Crippen molar-refractivity contribution in [2.24, 2.45) is 5.73 Å². The predicted octanol–water partition coefficient (Wildman–Crippen LogP) is 1.20. The molecule has 1 fully saturated rings. The van der Waals surface area contributed by atoms with Crippen LogP contribution in [0.3, 0.4) is 0 Å². The molecule has 5 nitrogen and oxygen atoms in total. The van der Waals surface area contributed by atoms with Crippen molar-refractivity contribution in [3.63, 3.8) is 0 Å². The maximum Gasteiger partial charge on any atom is 0.0895 e. The quantitative estimate of drug-likeness (QED) is 0.912. The van der Waals surface area contributed by atoms with Crippen molar-refractivity contribution < 1.29 is 4.74 Å². The first-order valence-electron chi connectivity index (χ1n) is 6.91. The predicted molar refractivity (Wildman–Crippen MR) is 77.7 cm³/mol. The molecule has 1 aliphatic rings. The van der Waals surface area contributed by atoms with Crippen LogP contribution in [-0.2, 0) is 4.74 Å². The Morgan fingerprint density at radius 1 is 1.35 bits per heavy atom. The minimum atomic E-state index is 0.0298. The molecule has 1 saturated heterocycles. The number of nitrogens with two attached hydrogens (primary N) is 1. The Labute approximate surface area is 118 Å². The van der Waals surface area contributed by atoms with E-state index >= 15 is 0 Å². The number of para-hydroxylation sites is 1. The molecule has 106 valence electrons. The Bertz CT molecular complexity index is 554. The van der Waals surface area contributed by atoms with Crippen LogP contribution in [0.15, 0.2) is 42.7 Å². The van der Waals surface area contributed by atoms with Gasteiger partial charge in [-0.05, 0) is 19.2 Å². The largest absolute Gasteiger partial charge is 0.374 e. The van der Waals surface area contributed by atoms with Crippen LogP contribution in [-0.4, -0.2) is 47.5 Å². The van der Waals surface area contributed by atoms with Gasteiger partial charge in [-0.25, -0.2) is 4.68 Å². The van der Waals surface area contributed by atoms with Gasteiger partial charge in [0.15, 0.2) is 0 Å². The Balaban J connectivity index is 1.89. The van der Waals surface area contributed by atoms with E-state index in [0.29, 0.717) is 6.54 Å². The van der Waals surface area contributed by atoms with Crippen LogP contribution >= 0.6 is 0 Å². The number of ether oxygens (including phenoxy) is 1. The molecule has 2 unspecified atom stereocenters. The van der Waals surface area contributed by atoms with Gasteiger partial charge in [0.25, 0.3) is 0 Å². The third kappa shape index (κ3) is 2.47. The van der Waals surface area contributed by atoms with Crippen molar-refractivity contribution in [2.75, 3.05) is 26.7 Å². The SMILES string of the molecule is CN1CCOC(CN)C1c1cnn(-c2ccccc2)c1. The molecule has 0 bridgehead atoms. The lowest BCUT2D eigenvalue weighted by molar-refractivity contribution is -0.0576. The molecule has 1 aromatic heterocycles. The molecule has 0 spiro atoms. The van der Waals surface area contributed by atoms with Crippen molar-refractivity contribution in [1.29, 1.82) is 0 Å². The smallest absolute Gasteiger partial charge is 0.0895 e. The summed E-state index contributed by atoms with van der Waals surface area (Å²) in [5, 5.41) is 4.46. The second-order valence-corrected chi connectivity index (χ2v) is 5.12. The average Bonchev–Trinajstić information content (AvgIpc) is 2.97. The van der Waals surface area contributed by atoms with E-state index in [2.05, 4.69) is 23.2 Å². The summed E-state index contributed by atoms with van der Waals surface area (Å²) in [6.45, 7) is 2.17. The Kier molecular flexibility index (Phi) is 3.82. The first-order valence-corrected chi connectivity index (χ1v) is 6.91. The summed E-state index contributed by atoms with van der Waals surface area (Å²) in [5.74, 6) is 0. The number of rotatable bonds is 3. The summed E-state index contributed by atoms with van der Waals surface area (Å²) in [7, 11) is 2.11. The van der Waals surface area contributed by atoms with E-state index in [1.54, 1.807) is 0 Å². The number of hydrogen-bond donors (Lipinski definition) is 1. The molecule has 1 aromatic carbocycles. The number of hydrogen-bond acceptors (Lipinski definition) is 4. The molecule has 2 heterocycles. The average molecular weight is 272 g/mol. The van der Waals surface area contributed by atoms with Gasteiger partial charge in [0, 0.05) is 24.8 Å². The molecule has 2 N–H and O–H groups in total. The molecule has 3 rings (SSSR count). The monoisotopic (exact) mass is 272 g/mol. The molecule has 0 saturated carbocycles. The van der Waals surface area contributed by atoms with Crippen LogP contribution in [0.4, 0.5) is 0 Å². The second kappa shape index (κ2) is 5.75. The minimum Gasteiger partial charge on any atom is -0.374 e. The highest BCUT2D eigenvalue weighted by molar-refractivity contribution is 5.31. The Morgan fingerprint density at radius 3 is 2.90 bits per heavy atom. The van der Waals surface area contributed by atoms with Crippen LogP contribution < -0.4 is 5.73 Å². The molecule has 0 radical (unpaired) electrons. The van der Waals surface area contributed by atoms with Gasteiger partial charge in [-0.15, -0.1) is 0 Å². The number of benzene rings is 1. The van der Waals surface area contributed by atoms with E-state index in [9.17, 15) is 0 Å². The van der Waals surface area contributed by atoms with Gasteiger partial charge in [0.1, 0.15) is 0 Å². The van der Waals surface area contributed by atoms with Gasteiger partial charge >= 0.3 is 0 Å². The summed E-state index contributed by atoms with van der Waals surface area (Å²) in [6.07, 6.45) is 4.00. The molecular weight excluding hydrogens is 252 g/mol. The molecular formula is C15H20N4O. The van der Waals surface area contributed by atoms with Crippen molar-refractivity contribution in [1.82, 2.24) is 14.7 Å². The van der Waals surface area contributed by atoms with E-state index in [-0.39, 0.29) is 12.1 Å². The zero-order valence-corrected chi connectivity index (χ0v) is 11.6. The van der Waals surface area contributed by atoms with Crippen molar-refractivity contribution in [3.8, 4) is 5.69 Å². The van der Waals surface area contributed by atoms with Gasteiger partial charge < -0.3 is 10.5 Å². The first kappa shape index (κ1) is 13.3. The summed E-state index contributed by atoms with van der Waals surface area (Å²) >= 11 is 0. The lowest BCUT2D eigenvalue weighted by Crippen LogP contribution is -2.46. The van der Waals surface area contributed by atoms with Crippen LogP contribution in [0.25, 0.3) is 5.69 Å². The van der Waals surface area contributed by atoms with Crippen LogP contribution in [0, 0.1) is 0 Å². The standard InChI is InChI=1S/C15H20N4O/c1-18-7-8-20-14(9-16)15(18)12-10-17-19(11-12)13-5-3-2-4-6-13/h2-6,10-11,14-15H,7-9,16H2,1H3. The molecule has 1 aliphatic heterocycles. The lowest BCUT2D eigenvalue weighted by atomic mass is 10.0. The van der Waals surface area contributed by atoms with Crippen molar-refractivity contribution in [2.45, 2.75) is 12.1 Å². The maximum absolute atomic E-state index is 5.83. The zero-order valence-electron chi connectivity index (χ0n) is 11.6. The molecule has 0 amide bonds. The topological polar surface area (TPSA) is 56.3 Å². The fraction of sp³-hybridized carbons (Fsp3) is 0.400. The maximum atomic E-state index is 5.83. The summed E-state index contributed by atoms with van der Waals surface area (Å²) in [5.41, 5.74) is 8.03. The lowest BCUT2D eigenvalue weighted by Gasteiger charge is -2.38. The Hall–Kier alpha value is -1.69. The van der Waals surface area contributed by atoms with Gasteiger partial charge in [0.05, 0.1) is 30.6 Å². The highest BCUT2D eigenvalue weighted by atomic mass is 16.5. The van der Waals surface area contributed by atoms with Gasteiger partial charge in [-0.3, -0.25) is 4.90 Å². The van der Waals surface area contributed by atoms with E-state index in [1.165, 1.54) is 0 Å². The third-order valence-corrected chi connectivity index (χ3v) is 3.80. The molecule has 5 heteroatoms. The van der Waals surface area contributed by atoms with Crippen LogP contribution in [0.1, 0.15) is 11.6 Å². The summed E-state index contributed by atoms with van der Waals surface area (Å²) in [4.78, 5) is 2.29. The number of likely N-dealkylation sites (N-methyl/N-ethyl adjacent to an activating group) is 1. The van der Waals surface area contributed by atoms with Crippen LogP contribution in [0.5, 0.6) is 0 Å². The number of morpholine rings is 1. The third-order valence-electron chi connectivity index (χ3n) is 3.80. The van der Waals surface area contributed by atoms with Gasteiger partial charge in [-0.1, -0.05) is 18.2 Å². The molecule has 2 atom stereocenters. The van der Waals surface area contributed by atoms with E-state index in [0.717, 1.165) is 24.4 Å². The summed E-state index contributed by atoms with van der Waals surface area (Å²) < 4.78 is 7.67. The van der Waals surface area contributed by atoms with Gasteiger partial charge in [-0.2, -0.15) is 5.10 Å². The molecule has 2 aromatic rings.